The monoisotopic (exact) mass is 485 g/mol. The van der Waals surface area contributed by atoms with E-state index in [1.807, 2.05) is 24.3 Å². The van der Waals surface area contributed by atoms with E-state index in [0.29, 0.717) is 31.2 Å². The van der Waals surface area contributed by atoms with Crippen LogP contribution < -0.4 is 15.0 Å². The van der Waals surface area contributed by atoms with Crippen molar-refractivity contribution in [3.8, 4) is 5.75 Å². The summed E-state index contributed by atoms with van der Waals surface area (Å²) < 4.78 is 32.6. The van der Waals surface area contributed by atoms with Crippen LogP contribution in [0.1, 0.15) is 31.7 Å². The molecule has 0 aromatic heterocycles. The number of ether oxygens (including phenoxy) is 1. The highest BCUT2D eigenvalue weighted by Gasteiger charge is 2.35. The molecule has 0 radical (unpaired) electrons. The molecule has 0 saturated carbocycles. The van der Waals surface area contributed by atoms with Crippen LogP contribution in [-0.4, -0.2) is 51.3 Å². The molecule has 2 aromatic carbocycles. The van der Waals surface area contributed by atoms with Gasteiger partial charge in [-0.1, -0.05) is 19.1 Å². The number of nitrogens with zero attached hydrogens (tertiary/aromatic N) is 2. The molecule has 0 aliphatic carbocycles. The first-order chi connectivity index (χ1) is 16.3. The average molecular weight is 486 g/mol. The summed E-state index contributed by atoms with van der Waals surface area (Å²) >= 11 is 0. The topological polar surface area (TPSA) is 96.0 Å². The molecule has 4 rings (SSSR count). The zero-order valence-corrected chi connectivity index (χ0v) is 20.4. The van der Waals surface area contributed by atoms with Gasteiger partial charge in [0.25, 0.3) is 0 Å². The van der Waals surface area contributed by atoms with Crippen molar-refractivity contribution in [1.82, 2.24) is 9.62 Å². The summed E-state index contributed by atoms with van der Waals surface area (Å²) in [6.07, 6.45) is 1.85. The fraction of sp³-hybridized carbons (Fsp3) is 0.440. The highest BCUT2D eigenvalue weighted by Crippen LogP contribution is 2.28. The molecule has 2 heterocycles. The first-order valence-corrected chi connectivity index (χ1v) is 13.0. The normalized spacial score (nSPS) is 19.9. The summed E-state index contributed by atoms with van der Waals surface area (Å²) in [6.45, 7) is 3.84. The standard InChI is InChI=1S/C25H31N3O5S/c1-18-11-13-27(14-12-18)34(31,32)23-9-5-21(6-10-23)28-17-20(15-24(28)29)25(30)26-16-19-3-7-22(33-2)8-4-19/h3-10,18,20H,11-17H2,1-2H3,(H,26,30)/t20-/m0/s1. The van der Waals surface area contributed by atoms with Gasteiger partial charge in [-0.2, -0.15) is 4.31 Å². The molecule has 0 spiro atoms. The number of hydrogen-bond acceptors (Lipinski definition) is 5. The Bertz CT molecular complexity index is 1120. The van der Waals surface area contributed by atoms with Gasteiger partial charge >= 0.3 is 0 Å². The van der Waals surface area contributed by atoms with Gasteiger partial charge in [-0.3, -0.25) is 9.59 Å². The molecule has 1 atom stereocenters. The molecule has 2 fully saturated rings. The van der Waals surface area contributed by atoms with Gasteiger partial charge in [0.2, 0.25) is 21.8 Å². The number of rotatable bonds is 7. The maximum absolute atomic E-state index is 12.9. The summed E-state index contributed by atoms with van der Waals surface area (Å²) in [6, 6.07) is 13.8. The van der Waals surface area contributed by atoms with Crippen molar-refractivity contribution in [2.45, 2.75) is 37.6 Å². The second-order valence-corrected chi connectivity index (χ2v) is 11.0. The fourth-order valence-electron chi connectivity index (χ4n) is 4.38. The van der Waals surface area contributed by atoms with E-state index >= 15 is 0 Å². The third-order valence-electron chi connectivity index (χ3n) is 6.65. The Hall–Kier alpha value is -2.91. The van der Waals surface area contributed by atoms with Gasteiger partial charge < -0.3 is 15.0 Å². The number of methoxy groups -OCH3 is 1. The molecule has 2 aliphatic rings. The Morgan fingerprint density at radius 1 is 1.06 bits per heavy atom. The van der Waals surface area contributed by atoms with Crippen molar-refractivity contribution in [2.75, 3.05) is 31.6 Å². The van der Waals surface area contributed by atoms with E-state index in [-0.39, 0.29) is 29.7 Å². The number of sulfonamides is 1. The zero-order chi connectivity index (χ0) is 24.3. The molecule has 34 heavy (non-hydrogen) atoms. The number of benzene rings is 2. The van der Waals surface area contributed by atoms with Gasteiger partial charge in [-0.05, 0) is 60.7 Å². The first kappa shape index (κ1) is 24.2. The molecule has 9 heteroatoms. The van der Waals surface area contributed by atoms with Crippen molar-refractivity contribution >= 4 is 27.5 Å². The van der Waals surface area contributed by atoms with E-state index in [2.05, 4.69) is 12.2 Å². The van der Waals surface area contributed by atoms with Crippen LogP contribution >= 0.6 is 0 Å². The van der Waals surface area contributed by atoms with Crippen LogP contribution in [0.4, 0.5) is 5.69 Å². The number of anilines is 1. The van der Waals surface area contributed by atoms with Crippen LogP contribution in [0.15, 0.2) is 53.4 Å². The van der Waals surface area contributed by atoms with Crippen molar-refractivity contribution < 1.29 is 22.7 Å². The molecule has 2 aliphatic heterocycles. The smallest absolute Gasteiger partial charge is 0.243 e. The van der Waals surface area contributed by atoms with Gasteiger partial charge in [0, 0.05) is 38.3 Å². The van der Waals surface area contributed by atoms with Crippen molar-refractivity contribution in [2.24, 2.45) is 11.8 Å². The average Bonchev–Trinajstić information content (AvgIpc) is 3.25. The molecule has 2 amide bonds. The summed E-state index contributed by atoms with van der Waals surface area (Å²) in [5.41, 5.74) is 1.54. The Balaban J connectivity index is 1.36. The molecule has 182 valence electrons. The summed E-state index contributed by atoms with van der Waals surface area (Å²) in [7, 11) is -1.95. The Kier molecular flexibility index (Phi) is 7.23. The highest BCUT2D eigenvalue weighted by atomic mass is 32.2. The summed E-state index contributed by atoms with van der Waals surface area (Å²) in [4.78, 5) is 27.0. The SMILES string of the molecule is COc1ccc(CNC(=O)[C@H]2CC(=O)N(c3ccc(S(=O)(=O)N4CCC(C)CC4)cc3)C2)cc1. The predicted molar refractivity (Wildman–Crippen MR) is 129 cm³/mol. The lowest BCUT2D eigenvalue weighted by molar-refractivity contribution is -0.126. The first-order valence-electron chi connectivity index (χ1n) is 11.6. The van der Waals surface area contributed by atoms with Crippen LogP contribution in [0, 0.1) is 11.8 Å². The molecule has 0 bridgehead atoms. The van der Waals surface area contributed by atoms with Crippen molar-refractivity contribution in [1.29, 1.82) is 0 Å². The Morgan fingerprint density at radius 2 is 1.71 bits per heavy atom. The van der Waals surface area contributed by atoms with E-state index < -0.39 is 15.9 Å². The maximum atomic E-state index is 12.9. The van der Waals surface area contributed by atoms with Crippen LogP contribution in [0.3, 0.4) is 0 Å². The molecular formula is C25H31N3O5S. The lowest BCUT2D eigenvalue weighted by Crippen LogP contribution is -2.37. The van der Waals surface area contributed by atoms with Crippen LogP contribution in [-0.2, 0) is 26.2 Å². The van der Waals surface area contributed by atoms with E-state index in [0.717, 1.165) is 24.2 Å². The second-order valence-electron chi connectivity index (χ2n) is 9.05. The maximum Gasteiger partial charge on any atom is 0.243 e. The van der Waals surface area contributed by atoms with Crippen LogP contribution in [0.5, 0.6) is 5.75 Å². The fourth-order valence-corrected chi connectivity index (χ4v) is 5.85. The second kappa shape index (κ2) is 10.1. The lowest BCUT2D eigenvalue weighted by atomic mass is 10.0. The minimum atomic E-state index is -3.54. The van der Waals surface area contributed by atoms with E-state index in [1.54, 1.807) is 36.3 Å². The van der Waals surface area contributed by atoms with Crippen molar-refractivity contribution in [3.63, 3.8) is 0 Å². The number of carbonyl (C=O) groups excluding carboxylic acids is 2. The molecule has 2 aromatic rings. The predicted octanol–water partition coefficient (Wildman–Crippen LogP) is 2.79. The summed E-state index contributed by atoms with van der Waals surface area (Å²) in [5.74, 6) is 0.507. The molecule has 0 unspecified atom stereocenters. The third-order valence-corrected chi connectivity index (χ3v) is 8.56. The minimum Gasteiger partial charge on any atom is -0.497 e. The number of amides is 2. The van der Waals surface area contributed by atoms with E-state index in [4.69, 9.17) is 4.74 Å². The Labute approximate surface area is 200 Å². The Morgan fingerprint density at radius 3 is 2.32 bits per heavy atom. The lowest BCUT2D eigenvalue weighted by Gasteiger charge is -2.29. The van der Waals surface area contributed by atoms with Gasteiger partial charge in [-0.25, -0.2) is 8.42 Å². The van der Waals surface area contributed by atoms with Crippen molar-refractivity contribution in [3.05, 3.63) is 54.1 Å². The van der Waals surface area contributed by atoms with Gasteiger partial charge in [0.1, 0.15) is 5.75 Å². The number of piperidine rings is 1. The van der Waals surface area contributed by atoms with Crippen LogP contribution in [0.25, 0.3) is 0 Å². The van der Waals surface area contributed by atoms with Gasteiger partial charge in [-0.15, -0.1) is 0 Å². The number of hydrogen-bond donors (Lipinski definition) is 1. The van der Waals surface area contributed by atoms with Gasteiger partial charge in [0.15, 0.2) is 0 Å². The molecule has 1 N–H and O–H groups in total. The molecule has 2 saturated heterocycles. The van der Waals surface area contributed by atoms with E-state index in [1.165, 1.54) is 4.31 Å². The molecular weight excluding hydrogens is 454 g/mol. The third kappa shape index (κ3) is 5.26. The van der Waals surface area contributed by atoms with Crippen LogP contribution in [0.2, 0.25) is 0 Å². The number of nitrogens with one attached hydrogen (secondary N) is 1. The number of carbonyl (C=O) groups is 2. The quantitative estimate of drug-likeness (QED) is 0.651. The molecule has 8 nitrogen and oxygen atoms in total. The zero-order valence-electron chi connectivity index (χ0n) is 19.6. The summed E-state index contributed by atoms with van der Waals surface area (Å²) in [5, 5.41) is 2.90. The minimum absolute atomic E-state index is 0.125. The van der Waals surface area contributed by atoms with E-state index in [9.17, 15) is 18.0 Å². The largest absolute Gasteiger partial charge is 0.497 e. The van der Waals surface area contributed by atoms with Gasteiger partial charge in [0.05, 0.1) is 17.9 Å². The highest BCUT2D eigenvalue weighted by molar-refractivity contribution is 7.89.